The number of likely N-dealkylation sites (tertiary alicyclic amines) is 1. The summed E-state index contributed by atoms with van der Waals surface area (Å²) in [5.74, 6) is -7.34. The van der Waals surface area contributed by atoms with Crippen molar-refractivity contribution in [2.75, 3.05) is 12.0 Å². The molecule has 0 aromatic heterocycles. The van der Waals surface area contributed by atoms with E-state index in [9.17, 15) is 28.7 Å². The van der Waals surface area contributed by atoms with Crippen LogP contribution in [0.25, 0.3) is 0 Å². The summed E-state index contributed by atoms with van der Waals surface area (Å²) in [6.45, 7) is 0.380. The number of carboxylic acids is 1. The molecule has 58 heavy (non-hydrogen) atoms. The van der Waals surface area contributed by atoms with Gasteiger partial charge in [-0.2, -0.15) is 5.01 Å². The highest BCUT2D eigenvalue weighted by Crippen LogP contribution is 2.65. The molecule has 13 heteroatoms. The molecule has 298 valence electrons. The Morgan fingerprint density at radius 1 is 0.879 bits per heavy atom. The summed E-state index contributed by atoms with van der Waals surface area (Å²) in [5, 5.41) is 22.4. The molecule has 8 rings (SSSR count). The Kier molecular flexibility index (Phi) is 10.5. The fraction of sp³-hybridized carbons (Fsp3) is 0.311. The van der Waals surface area contributed by atoms with Gasteiger partial charge in [0.2, 0.25) is 11.8 Å². The molecule has 11 nitrogen and oxygen atoms in total. The summed E-state index contributed by atoms with van der Waals surface area (Å²) in [5.41, 5.74) is 3.93. The van der Waals surface area contributed by atoms with E-state index < -0.39 is 58.6 Å². The number of hydrogen-bond acceptors (Lipinski definition) is 8. The van der Waals surface area contributed by atoms with Crippen molar-refractivity contribution >= 4 is 46.9 Å². The normalized spacial score (nSPS) is 24.9. The van der Waals surface area contributed by atoms with Gasteiger partial charge in [-0.15, -0.1) is 0 Å². The number of hydrazine groups is 1. The minimum absolute atomic E-state index is 0.00654. The number of nitrogens with one attached hydrogen (secondary N) is 1. The summed E-state index contributed by atoms with van der Waals surface area (Å²) in [6, 6.07) is 26.3. The fourth-order valence-corrected chi connectivity index (χ4v) is 9.73. The van der Waals surface area contributed by atoms with Gasteiger partial charge in [-0.05, 0) is 85.2 Å². The van der Waals surface area contributed by atoms with Crippen molar-refractivity contribution in [3.63, 3.8) is 0 Å². The summed E-state index contributed by atoms with van der Waals surface area (Å²) in [6.07, 6.45) is 3.53. The highest BCUT2D eigenvalue weighted by atomic mass is 35.5. The summed E-state index contributed by atoms with van der Waals surface area (Å²) in [7, 11) is 0. The second kappa shape index (κ2) is 15.7. The number of aromatic hydroxyl groups is 1. The molecule has 0 bridgehead atoms. The van der Waals surface area contributed by atoms with E-state index in [0.717, 1.165) is 10.6 Å². The Bertz CT molecular complexity index is 2300. The predicted octanol–water partition coefficient (Wildman–Crippen LogP) is 7.39. The highest BCUT2D eigenvalue weighted by Gasteiger charge is 2.70. The van der Waals surface area contributed by atoms with Gasteiger partial charge < -0.3 is 14.9 Å². The number of unbranched alkanes of at least 4 members (excludes halogenated alkanes) is 2. The lowest BCUT2D eigenvalue weighted by atomic mass is 9.49. The van der Waals surface area contributed by atoms with E-state index in [-0.39, 0.29) is 50.0 Å². The maximum absolute atomic E-state index is 15.4. The van der Waals surface area contributed by atoms with E-state index in [1.54, 1.807) is 36.4 Å². The first-order valence-corrected chi connectivity index (χ1v) is 19.8. The molecule has 6 atom stereocenters. The van der Waals surface area contributed by atoms with Crippen LogP contribution in [0.2, 0.25) is 5.02 Å². The number of hydrogen-bond donors (Lipinski definition) is 3. The number of carbonyl (C=O) groups is 5. The van der Waals surface area contributed by atoms with Crippen molar-refractivity contribution in [1.29, 1.82) is 0 Å². The highest BCUT2D eigenvalue weighted by molar-refractivity contribution is 6.30. The average molecular weight is 806 g/mol. The number of phenols is 1. The number of imide groups is 2. The third-order valence-corrected chi connectivity index (χ3v) is 12.4. The monoisotopic (exact) mass is 805 g/mol. The first kappa shape index (κ1) is 38.8. The van der Waals surface area contributed by atoms with E-state index in [0.29, 0.717) is 52.4 Å². The van der Waals surface area contributed by atoms with Gasteiger partial charge in [0.05, 0.1) is 28.9 Å². The number of rotatable bonds is 13. The van der Waals surface area contributed by atoms with Crippen LogP contribution in [0.3, 0.4) is 0 Å². The van der Waals surface area contributed by atoms with Crippen molar-refractivity contribution in [2.24, 2.45) is 23.7 Å². The van der Waals surface area contributed by atoms with Gasteiger partial charge in [-0.1, -0.05) is 78.2 Å². The Hall–Kier alpha value is -6.01. The zero-order chi connectivity index (χ0) is 40.7. The van der Waals surface area contributed by atoms with E-state index >= 15 is 4.79 Å². The number of halogens is 2. The smallest absolute Gasteiger partial charge is 0.303 e. The van der Waals surface area contributed by atoms with Crippen molar-refractivity contribution in [1.82, 2.24) is 9.91 Å². The van der Waals surface area contributed by atoms with Crippen molar-refractivity contribution in [2.45, 2.75) is 56.5 Å². The van der Waals surface area contributed by atoms with Crippen LogP contribution < -0.4 is 10.2 Å². The van der Waals surface area contributed by atoms with Crippen LogP contribution in [-0.4, -0.2) is 56.3 Å². The van der Waals surface area contributed by atoms with Crippen LogP contribution in [0.1, 0.15) is 61.1 Å². The number of anilines is 1. The molecule has 4 aromatic rings. The van der Waals surface area contributed by atoms with Gasteiger partial charge in [0.1, 0.15) is 23.9 Å². The number of phenolic OH excluding ortho intramolecular Hbond substituents is 1. The van der Waals surface area contributed by atoms with Crippen LogP contribution in [0.4, 0.5) is 10.1 Å². The van der Waals surface area contributed by atoms with Gasteiger partial charge in [0.25, 0.3) is 11.8 Å². The molecular weight excluding hydrogens is 765 g/mol. The van der Waals surface area contributed by atoms with Crippen LogP contribution in [0.15, 0.2) is 109 Å². The first-order valence-electron chi connectivity index (χ1n) is 19.4. The molecule has 4 aliphatic rings. The molecule has 2 heterocycles. The van der Waals surface area contributed by atoms with E-state index in [1.165, 1.54) is 35.2 Å². The Morgan fingerprint density at radius 2 is 1.62 bits per heavy atom. The zero-order valence-electron chi connectivity index (χ0n) is 31.4. The van der Waals surface area contributed by atoms with E-state index in [2.05, 4.69) is 5.43 Å². The lowest BCUT2D eigenvalue weighted by Gasteiger charge is -2.50. The lowest BCUT2D eigenvalue weighted by Crippen LogP contribution is -2.53. The number of amides is 4. The minimum atomic E-state index is -1.66. The molecule has 2 saturated heterocycles. The average Bonchev–Trinajstić information content (AvgIpc) is 3.58. The summed E-state index contributed by atoms with van der Waals surface area (Å²) >= 11 is 6.39. The number of benzene rings is 4. The maximum atomic E-state index is 15.4. The van der Waals surface area contributed by atoms with E-state index in [4.69, 9.17) is 21.4 Å². The molecule has 4 amide bonds. The quantitative estimate of drug-likeness (QED) is 0.0713. The Morgan fingerprint density at radius 3 is 2.33 bits per heavy atom. The third-order valence-electron chi connectivity index (χ3n) is 12.2. The summed E-state index contributed by atoms with van der Waals surface area (Å²) < 4.78 is 20.0. The number of allylic oxidation sites excluding steroid dienone is 2. The lowest BCUT2D eigenvalue weighted by molar-refractivity contribution is -0.141. The number of carbonyl (C=O) groups excluding carboxylic acids is 4. The number of ether oxygens (including phenoxy) is 1. The second-order valence-corrected chi connectivity index (χ2v) is 15.8. The maximum Gasteiger partial charge on any atom is 0.303 e. The molecule has 4 aromatic carbocycles. The number of nitrogens with zero attached hydrogens (tertiary/aromatic N) is 2. The molecule has 0 radical (unpaired) electrons. The SMILES string of the molecule is O=C(O)CCCCCN1C(=O)C2CC=C3C(CC4C(=O)N(Nc5ccc(F)cc5)C(=O)C4(c4ccc(Cl)cc4)C3c3ccc(OCc4ccccc4)cc3O)C2C1=O. The molecule has 2 aliphatic heterocycles. The Balaban J connectivity index is 1.23. The largest absolute Gasteiger partial charge is 0.508 e. The van der Waals surface area contributed by atoms with Crippen molar-refractivity contribution in [3.8, 4) is 11.5 Å². The van der Waals surface area contributed by atoms with Gasteiger partial charge in [0, 0.05) is 35.5 Å². The predicted molar refractivity (Wildman–Crippen MR) is 211 cm³/mol. The van der Waals surface area contributed by atoms with E-state index in [1.807, 2.05) is 36.4 Å². The third kappa shape index (κ3) is 6.78. The molecule has 0 spiro atoms. The van der Waals surface area contributed by atoms with Crippen molar-refractivity contribution in [3.05, 3.63) is 136 Å². The zero-order valence-corrected chi connectivity index (χ0v) is 32.1. The minimum Gasteiger partial charge on any atom is -0.508 e. The topological polar surface area (TPSA) is 154 Å². The fourth-order valence-electron chi connectivity index (χ4n) is 9.61. The van der Waals surface area contributed by atoms with Crippen LogP contribution in [-0.2, 0) is 36.0 Å². The molecule has 3 N–H and O–H groups in total. The Labute approximate surface area is 339 Å². The van der Waals surface area contributed by atoms with Crippen LogP contribution in [0.5, 0.6) is 11.5 Å². The van der Waals surface area contributed by atoms with Gasteiger partial charge in [0.15, 0.2) is 0 Å². The van der Waals surface area contributed by atoms with Gasteiger partial charge in [-0.25, -0.2) is 4.39 Å². The molecule has 1 saturated carbocycles. The molecule has 2 aliphatic carbocycles. The first-order chi connectivity index (χ1) is 28.0. The van der Waals surface area contributed by atoms with Crippen molar-refractivity contribution < 1.29 is 43.3 Å². The number of aliphatic carboxylic acids is 1. The van der Waals surface area contributed by atoms with Gasteiger partial charge >= 0.3 is 5.97 Å². The molecular formula is C45H41ClFN3O8. The van der Waals surface area contributed by atoms with Gasteiger partial charge in [-0.3, -0.25) is 34.3 Å². The molecule has 6 unspecified atom stereocenters. The van der Waals surface area contributed by atoms with Crippen LogP contribution >= 0.6 is 11.6 Å². The summed E-state index contributed by atoms with van der Waals surface area (Å²) in [4.78, 5) is 70.8. The molecule has 3 fully saturated rings. The number of fused-ring (bicyclic) bond motifs is 4. The number of carboxylic acid groups (broad SMARTS) is 1. The van der Waals surface area contributed by atoms with Crippen LogP contribution in [0, 0.1) is 29.5 Å². The second-order valence-electron chi connectivity index (χ2n) is 15.4. The standard InChI is InChI=1S/C45H41ClFN3O8/c46-28-12-10-27(11-13-28)45-36(42(55)50(44(45)57)48-30-16-14-29(47)15-17-30)24-35-32(20-21-34-39(35)43(56)49(41(34)54)22-6-2-5-9-38(52)53)40(45)33-19-18-31(23-37(33)51)58-25-26-7-3-1-4-8-26/h1,3-4,7-8,10-20,23,34-36,39-40,48,51H,2,5-6,9,21-22,24-25H2,(H,52,53).